The molecule has 1 aromatic carbocycles. The number of halogens is 1. The fraction of sp³-hybridized carbons (Fsp3) is 0.632. The average molecular weight is 511 g/mol. The van der Waals surface area contributed by atoms with E-state index in [1.54, 1.807) is 35.5 Å². The van der Waals surface area contributed by atoms with Gasteiger partial charge in [0, 0.05) is 51.6 Å². The van der Waals surface area contributed by atoms with Crippen molar-refractivity contribution in [3.05, 3.63) is 17.7 Å². The van der Waals surface area contributed by atoms with Gasteiger partial charge in [-0.3, -0.25) is 4.99 Å². The van der Waals surface area contributed by atoms with E-state index in [9.17, 15) is 0 Å². The number of nitrogens with zero attached hydrogens (tertiary/aromatic N) is 1. The Morgan fingerprint density at radius 2 is 1.54 bits per heavy atom. The van der Waals surface area contributed by atoms with Crippen molar-refractivity contribution in [2.75, 3.05) is 68.4 Å². The Labute approximate surface area is 185 Å². The van der Waals surface area contributed by atoms with E-state index < -0.39 is 0 Å². The molecule has 1 aromatic rings. The highest BCUT2D eigenvalue weighted by molar-refractivity contribution is 14.0. The molecule has 0 aliphatic rings. The van der Waals surface area contributed by atoms with Crippen molar-refractivity contribution < 1.29 is 23.7 Å². The maximum Gasteiger partial charge on any atom is 0.190 e. The third-order valence-corrected chi connectivity index (χ3v) is 3.90. The predicted octanol–water partition coefficient (Wildman–Crippen LogP) is 2.09. The van der Waals surface area contributed by atoms with Crippen LogP contribution in [0.3, 0.4) is 0 Å². The maximum absolute atomic E-state index is 5.48. The molecule has 28 heavy (non-hydrogen) atoms. The molecule has 0 heterocycles. The fourth-order valence-electron chi connectivity index (χ4n) is 2.48. The summed E-state index contributed by atoms with van der Waals surface area (Å²) >= 11 is 0. The molecule has 1 rings (SSSR count). The number of guanidine groups is 1. The Balaban J connectivity index is 0.00000729. The van der Waals surface area contributed by atoms with Gasteiger partial charge in [0.05, 0.1) is 34.5 Å². The van der Waals surface area contributed by atoms with E-state index in [2.05, 4.69) is 15.6 Å². The molecule has 0 aromatic heterocycles. The Morgan fingerprint density at radius 1 is 0.893 bits per heavy atom. The van der Waals surface area contributed by atoms with Crippen molar-refractivity contribution in [1.82, 2.24) is 10.6 Å². The van der Waals surface area contributed by atoms with Crippen molar-refractivity contribution in [2.45, 2.75) is 12.8 Å². The summed E-state index contributed by atoms with van der Waals surface area (Å²) in [5.74, 6) is 2.93. The summed E-state index contributed by atoms with van der Waals surface area (Å²) in [6.45, 7) is 3.39. The number of methoxy groups -OCH3 is 4. The number of nitrogens with one attached hydrogen (secondary N) is 2. The van der Waals surface area contributed by atoms with Gasteiger partial charge in [0.25, 0.3) is 0 Å². The molecule has 8 nitrogen and oxygen atoms in total. The van der Waals surface area contributed by atoms with E-state index in [4.69, 9.17) is 23.7 Å². The summed E-state index contributed by atoms with van der Waals surface area (Å²) < 4.78 is 26.6. The molecule has 0 saturated carbocycles. The molecule has 9 heteroatoms. The minimum Gasteiger partial charge on any atom is -0.496 e. The molecule has 0 saturated heterocycles. The van der Waals surface area contributed by atoms with Crippen LogP contribution >= 0.6 is 24.0 Å². The van der Waals surface area contributed by atoms with Crippen LogP contribution in [0.4, 0.5) is 0 Å². The molecule has 0 bridgehead atoms. The van der Waals surface area contributed by atoms with Gasteiger partial charge in [-0.15, -0.1) is 24.0 Å². The summed E-state index contributed by atoms with van der Waals surface area (Å²) in [5.41, 5.74) is 0.982. The molecule has 0 spiro atoms. The lowest BCUT2D eigenvalue weighted by atomic mass is 10.1. The maximum atomic E-state index is 5.48. The number of hydrogen-bond donors (Lipinski definition) is 2. The van der Waals surface area contributed by atoms with E-state index in [0.29, 0.717) is 32.1 Å². The molecule has 0 aliphatic heterocycles. The topological polar surface area (TPSA) is 82.6 Å². The first-order chi connectivity index (χ1) is 13.2. The van der Waals surface area contributed by atoms with Gasteiger partial charge >= 0.3 is 0 Å². The number of ether oxygens (including phenoxy) is 5. The molecule has 0 unspecified atom stereocenters. The van der Waals surface area contributed by atoms with Crippen LogP contribution in [0.2, 0.25) is 0 Å². The van der Waals surface area contributed by atoms with E-state index in [0.717, 1.165) is 42.4 Å². The van der Waals surface area contributed by atoms with Crippen LogP contribution in [0.5, 0.6) is 17.2 Å². The zero-order chi connectivity index (χ0) is 19.9. The first-order valence-electron chi connectivity index (χ1n) is 9.00. The third-order valence-electron chi connectivity index (χ3n) is 3.90. The van der Waals surface area contributed by atoms with Crippen molar-refractivity contribution in [1.29, 1.82) is 0 Å². The monoisotopic (exact) mass is 511 g/mol. The molecular formula is C19H34IN3O5. The minimum atomic E-state index is 0. The van der Waals surface area contributed by atoms with Crippen molar-refractivity contribution in [2.24, 2.45) is 4.99 Å². The summed E-state index contributed by atoms with van der Waals surface area (Å²) in [7, 11) is 8.31. The van der Waals surface area contributed by atoms with Gasteiger partial charge in [-0.2, -0.15) is 0 Å². The van der Waals surface area contributed by atoms with Crippen LogP contribution in [-0.4, -0.2) is 74.4 Å². The van der Waals surface area contributed by atoms with E-state index in [1.807, 2.05) is 12.1 Å². The van der Waals surface area contributed by atoms with E-state index in [1.165, 1.54) is 0 Å². The van der Waals surface area contributed by atoms with Crippen molar-refractivity contribution >= 4 is 29.9 Å². The SMILES string of the molecule is CN=C(NCCCOCCOC)NCCc1c(OC)cc(OC)cc1OC.I. The zero-order valence-electron chi connectivity index (χ0n) is 17.5. The van der Waals surface area contributed by atoms with Gasteiger partial charge in [0.1, 0.15) is 17.2 Å². The Hall–Kier alpha value is -1.46. The van der Waals surface area contributed by atoms with Gasteiger partial charge in [0.2, 0.25) is 0 Å². The predicted molar refractivity (Wildman–Crippen MR) is 122 cm³/mol. The number of benzene rings is 1. The van der Waals surface area contributed by atoms with Crippen LogP contribution < -0.4 is 24.8 Å². The molecule has 0 aliphatic carbocycles. The van der Waals surface area contributed by atoms with Gasteiger partial charge in [-0.05, 0) is 12.8 Å². The zero-order valence-corrected chi connectivity index (χ0v) is 19.8. The Bertz CT molecular complexity index is 547. The fourth-order valence-corrected chi connectivity index (χ4v) is 2.48. The number of aliphatic imine (C=N–C) groups is 1. The second-order valence-corrected chi connectivity index (χ2v) is 5.64. The van der Waals surface area contributed by atoms with Crippen LogP contribution in [0.15, 0.2) is 17.1 Å². The first kappa shape index (κ1) is 26.5. The molecule has 0 radical (unpaired) electrons. The lowest BCUT2D eigenvalue weighted by Gasteiger charge is -2.16. The van der Waals surface area contributed by atoms with Gasteiger partial charge < -0.3 is 34.3 Å². The van der Waals surface area contributed by atoms with Gasteiger partial charge in [-0.1, -0.05) is 0 Å². The van der Waals surface area contributed by atoms with E-state index >= 15 is 0 Å². The first-order valence-corrected chi connectivity index (χ1v) is 9.00. The normalized spacial score (nSPS) is 10.8. The quantitative estimate of drug-likeness (QED) is 0.182. The molecule has 0 amide bonds. The minimum absolute atomic E-state index is 0. The molecule has 162 valence electrons. The van der Waals surface area contributed by atoms with E-state index in [-0.39, 0.29) is 24.0 Å². The average Bonchev–Trinajstić information content (AvgIpc) is 2.71. The summed E-state index contributed by atoms with van der Waals surface area (Å²) in [6, 6.07) is 3.71. The largest absolute Gasteiger partial charge is 0.496 e. The van der Waals surface area contributed by atoms with Gasteiger partial charge in [-0.25, -0.2) is 0 Å². The summed E-state index contributed by atoms with van der Waals surface area (Å²) in [5, 5.41) is 6.56. The number of hydrogen-bond acceptors (Lipinski definition) is 6. The second-order valence-electron chi connectivity index (χ2n) is 5.64. The molecular weight excluding hydrogens is 477 g/mol. The highest BCUT2D eigenvalue weighted by atomic mass is 127. The standard InChI is InChI=1S/C19H33N3O5.HI/c1-20-19(21-8-6-10-27-12-11-23-2)22-9-7-16-17(25-4)13-15(24-3)14-18(16)26-5;/h13-14H,6-12H2,1-5H3,(H2,20,21,22);1H. The Morgan fingerprint density at radius 3 is 2.07 bits per heavy atom. The van der Waals surface area contributed by atoms with Crippen LogP contribution in [0.1, 0.15) is 12.0 Å². The molecule has 0 fully saturated rings. The third kappa shape index (κ3) is 9.65. The van der Waals surface area contributed by atoms with Gasteiger partial charge in [0.15, 0.2) is 5.96 Å². The number of rotatable bonds is 13. The smallest absolute Gasteiger partial charge is 0.190 e. The molecule has 0 atom stereocenters. The molecule has 2 N–H and O–H groups in total. The van der Waals surface area contributed by atoms with Crippen LogP contribution in [0.25, 0.3) is 0 Å². The second kappa shape index (κ2) is 16.5. The summed E-state index contributed by atoms with van der Waals surface area (Å²) in [6.07, 6.45) is 1.61. The highest BCUT2D eigenvalue weighted by Crippen LogP contribution is 2.34. The van der Waals surface area contributed by atoms with Crippen LogP contribution in [0, 0.1) is 0 Å². The Kier molecular flexibility index (Phi) is 15.6. The lowest BCUT2D eigenvalue weighted by Crippen LogP contribution is -2.39. The highest BCUT2D eigenvalue weighted by Gasteiger charge is 2.13. The lowest BCUT2D eigenvalue weighted by molar-refractivity contribution is 0.0698. The van der Waals surface area contributed by atoms with Crippen molar-refractivity contribution in [3.63, 3.8) is 0 Å². The van der Waals surface area contributed by atoms with Crippen LogP contribution in [-0.2, 0) is 15.9 Å². The van der Waals surface area contributed by atoms with Crippen molar-refractivity contribution in [3.8, 4) is 17.2 Å². The summed E-state index contributed by atoms with van der Waals surface area (Å²) in [4.78, 5) is 4.23.